The average molecular weight is 901 g/mol. The van der Waals surface area contributed by atoms with Gasteiger partial charge in [0.25, 0.3) is 0 Å². The van der Waals surface area contributed by atoms with Gasteiger partial charge >= 0.3 is 5.97 Å². The van der Waals surface area contributed by atoms with Gasteiger partial charge in [0, 0.05) is 18.4 Å². The number of rotatable bonds is 10. The van der Waals surface area contributed by atoms with Crippen LogP contribution in [0, 0.1) is 40.4 Å². The van der Waals surface area contributed by atoms with Gasteiger partial charge in [-0.05, 0) is 120 Å². The van der Waals surface area contributed by atoms with E-state index in [-0.39, 0.29) is 46.4 Å². The highest BCUT2D eigenvalue weighted by atomic mass is 16.8. The van der Waals surface area contributed by atoms with Crippen molar-refractivity contribution < 1.29 is 78.1 Å². The molecule has 1 aromatic rings. The lowest BCUT2D eigenvalue weighted by Gasteiger charge is -2.58. The maximum absolute atomic E-state index is 13.0. The molecule has 0 radical (unpaired) electrons. The Morgan fingerprint density at radius 3 is 2.30 bits per heavy atom. The molecular weight excluding hydrogens is 833 g/mol. The molecule has 4 heterocycles. The van der Waals surface area contributed by atoms with E-state index in [9.17, 15) is 35.4 Å². The summed E-state index contributed by atoms with van der Waals surface area (Å²) >= 11 is 0. The molecular formula is C48H68O16. The molecule has 4 saturated heterocycles. The largest absolute Gasteiger partial charge is 0.497 e. The summed E-state index contributed by atoms with van der Waals surface area (Å²) in [6.45, 7) is 9.56. The van der Waals surface area contributed by atoms with E-state index in [1.807, 2.05) is 13.8 Å². The van der Waals surface area contributed by atoms with E-state index in [0.29, 0.717) is 30.4 Å². The normalized spacial score (nSPS) is 49.4. The number of hydrogen-bond donors (Lipinski definition) is 6. The number of allylic oxidation sites excluding steroid dienone is 2. The van der Waals surface area contributed by atoms with Crippen LogP contribution in [0.5, 0.6) is 5.75 Å². The molecule has 0 amide bonds. The quantitative estimate of drug-likeness (QED) is 0.147. The van der Waals surface area contributed by atoms with Crippen LogP contribution in [0.25, 0.3) is 0 Å². The van der Waals surface area contributed by atoms with Crippen molar-refractivity contribution in [2.75, 3.05) is 20.8 Å². The second-order valence-electron chi connectivity index (χ2n) is 20.4. The SMILES string of the molecule is COc1ccc(C(=O)O[C@@H]2[C@@H](O)[C@@H](O)[C@H](O[C@H]3[C@H](O[C@H]4CC[C@@]5(C)C(=CC[C@H]6[C@@H]7CC8O[C@@H](O)[C@H](C=C(C)C)[C@]9(C)O[C@@H](OC)C7(CC[C@@H]65)[C@H]89)C4)O[C@H](CO)[C@@H](O)[C@@H]3O)O[C@H]2C)cc1. The molecule has 4 aliphatic heterocycles. The average Bonchev–Trinajstić information content (AvgIpc) is 3.76. The Kier molecular flexibility index (Phi) is 12.7. The van der Waals surface area contributed by atoms with E-state index in [0.717, 1.165) is 37.7 Å². The minimum atomic E-state index is -1.74. The molecule has 64 heavy (non-hydrogen) atoms. The number of aliphatic hydroxyl groups is 6. The zero-order chi connectivity index (χ0) is 45.6. The smallest absolute Gasteiger partial charge is 0.338 e. The topological polar surface area (TPSA) is 222 Å². The fourth-order valence-electron chi connectivity index (χ4n) is 13.9. The van der Waals surface area contributed by atoms with Gasteiger partial charge in [-0.3, -0.25) is 0 Å². The van der Waals surface area contributed by atoms with E-state index >= 15 is 0 Å². The molecule has 6 N–H and O–H groups in total. The second kappa shape index (κ2) is 17.5. The van der Waals surface area contributed by atoms with E-state index < -0.39 is 92.2 Å². The summed E-state index contributed by atoms with van der Waals surface area (Å²) in [6, 6.07) is 6.22. The number of methoxy groups -OCH3 is 2. The molecule has 2 unspecified atom stereocenters. The Bertz CT molecular complexity index is 1920. The van der Waals surface area contributed by atoms with Crippen molar-refractivity contribution in [3.05, 3.63) is 53.1 Å². The van der Waals surface area contributed by atoms with Crippen molar-refractivity contribution in [1.82, 2.24) is 0 Å². The Hall–Kier alpha value is -2.55. The molecule has 1 aromatic carbocycles. The van der Waals surface area contributed by atoms with Gasteiger partial charge in [-0.25, -0.2) is 4.79 Å². The first-order valence-electron chi connectivity index (χ1n) is 23.2. The van der Waals surface area contributed by atoms with E-state index in [4.69, 9.17) is 42.6 Å². The minimum Gasteiger partial charge on any atom is -0.497 e. The summed E-state index contributed by atoms with van der Waals surface area (Å²) in [5.41, 5.74) is 1.63. The summed E-state index contributed by atoms with van der Waals surface area (Å²) in [7, 11) is 3.25. The van der Waals surface area contributed by atoms with Crippen molar-refractivity contribution in [3.8, 4) is 5.75 Å². The van der Waals surface area contributed by atoms with E-state index in [1.54, 1.807) is 26.2 Å². The molecule has 8 aliphatic rings. The first-order chi connectivity index (χ1) is 30.5. The van der Waals surface area contributed by atoms with Gasteiger partial charge in [-0.1, -0.05) is 30.2 Å². The predicted molar refractivity (Wildman–Crippen MR) is 225 cm³/mol. The molecule has 1 spiro atoms. The lowest BCUT2D eigenvalue weighted by atomic mass is 9.46. The van der Waals surface area contributed by atoms with Crippen LogP contribution < -0.4 is 4.74 Å². The number of esters is 1. The zero-order valence-corrected chi connectivity index (χ0v) is 37.9. The van der Waals surface area contributed by atoms with Crippen LogP contribution in [0.2, 0.25) is 0 Å². The standard InChI is InChI=1S/C48H68O16/c1-22(2)18-31-42(55)60-32-20-30-28-13-10-25-19-27(14-16-46(25,4)29(28)15-17-48(30)40(32)47(31,5)64-45(48)57-7)59-44-39(35(51)34(50)33(21-49)61-44)63-43-37(53)36(52)38(23(3)58-43)62-41(54)24-8-11-26(56-6)12-9-24/h8-12,18,23,27-40,42-45,49-53,55H,13-17,19-21H2,1-7H3/t23-,27-,28+,29-,30-,31-,32?,33+,34+,35-,36-,37+,38-,39+,40+,42+,43-,44+,45+,46-,47-,48?/m0/s1. The predicted octanol–water partition coefficient (Wildman–Crippen LogP) is 3.13. The minimum absolute atomic E-state index is 0.0835. The first kappa shape index (κ1) is 46.6. The third-order valence-electron chi connectivity index (χ3n) is 16.9. The number of hydrogen-bond acceptors (Lipinski definition) is 16. The van der Waals surface area contributed by atoms with Crippen molar-refractivity contribution in [2.24, 2.45) is 40.4 Å². The highest BCUT2D eigenvalue weighted by molar-refractivity contribution is 5.89. The number of carbonyl (C=O) groups is 1. The highest BCUT2D eigenvalue weighted by Crippen LogP contribution is 2.74. The summed E-state index contributed by atoms with van der Waals surface area (Å²) in [4.78, 5) is 13.0. The summed E-state index contributed by atoms with van der Waals surface area (Å²) in [5, 5.41) is 66.3. The molecule has 16 heteroatoms. The Morgan fingerprint density at radius 2 is 1.61 bits per heavy atom. The van der Waals surface area contributed by atoms with Crippen molar-refractivity contribution in [3.63, 3.8) is 0 Å². The monoisotopic (exact) mass is 900 g/mol. The van der Waals surface area contributed by atoms with Crippen LogP contribution in [0.1, 0.15) is 89.9 Å². The molecule has 356 valence electrons. The van der Waals surface area contributed by atoms with Crippen LogP contribution in [-0.2, 0) is 37.9 Å². The fraction of sp³-hybridized carbons (Fsp3) is 0.771. The Balaban J connectivity index is 0.895. The third kappa shape index (κ3) is 7.42. The van der Waals surface area contributed by atoms with E-state index in [1.165, 1.54) is 24.8 Å². The third-order valence-corrected chi connectivity index (χ3v) is 16.9. The van der Waals surface area contributed by atoms with Gasteiger partial charge in [0.05, 0.1) is 49.1 Å². The molecule has 3 saturated carbocycles. The maximum atomic E-state index is 13.0. The molecule has 7 fully saturated rings. The van der Waals surface area contributed by atoms with Gasteiger partial charge in [0.2, 0.25) is 0 Å². The van der Waals surface area contributed by atoms with Crippen LogP contribution in [0.4, 0.5) is 0 Å². The molecule has 22 atom stereocenters. The van der Waals surface area contributed by atoms with Gasteiger partial charge in [0.1, 0.15) is 42.4 Å². The molecule has 4 aliphatic carbocycles. The van der Waals surface area contributed by atoms with Gasteiger partial charge in [-0.2, -0.15) is 0 Å². The number of benzene rings is 1. The van der Waals surface area contributed by atoms with Crippen LogP contribution in [0.15, 0.2) is 47.6 Å². The van der Waals surface area contributed by atoms with Crippen LogP contribution in [-0.4, -0.2) is 149 Å². The number of carbonyl (C=O) groups excluding carboxylic acids is 1. The summed E-state index contributed by atoms with van der Waals surface area (Å²) in [5.74, 6) is 0.612. The maximum Gasteiger partial charge on any atom is 0.338 e. The molecule has 0 aromatic heterocycles. The number of aliphatic hydroxyl groups excluding tert-OH is 6. The highest BCUT2D eigenvalue weighted by Gasteiger charge is 2.77. The molecule has 0 bridgehead atoms. The second-order valence-corrected chi connectivity index (χ2v) is 20.4. The van der Waals surface area contributed by atoms with Gasteiger partial charge in [-0.15, -0.1) is 0 Å². The summed E-state index contributed by atoms with van der Waals surface area (Å²) in [6.07, 6.45) is -5.87. The van der Waals surface area contributed by atoms with E-state index in [2.05, 4.69) is 26.0 Å². The number of fused-ring (bicyclic) bond motifs is 4. The van der Waals surface area contributed by atoms with Crippen molar-refractivity contribution in [1.29, 1.82) is 0 Å². The number of ether oxygens (including phenoxy) is 9. The van der Waals surface area contributed by atoms with Crippen molar-refractivity contribution in [2.45, 2.75) is 171 Å². The lowest BCUT2D eigenvalue weighted by Crippen LogP contribution is -2.64. The molecule has 16 nitrogen and oxygen atoms in total. The van der Waals surface area contributed by atoms with Gasteiger partial charge < -0.3 is 73.3 Å². The van der Waals surface area contributed by atoms with Crippen LogP contribution in [0.3, 0.4) is 0 Å². The van der Waals surface area contributed by atoms with Crippen LogP contribution >= 0.6 is 0 Å². The fourth-order valence-corrected chi connectivity index (χ4v) is 13.9. The van der Waals surface area contributed by atoms with Gasteiger partial charge in [0.15, 0.2) is 31.3 Å². The summed E-state index contributed by atoms with van der Waals surface area (Å²) < 4.78 is 55.2. The van der Waals surface area contributed by atoms with Crippen molar-refractivity contribution >= 4 is 5.97 Å². The first-order valence-corrected chi connectivity index (χ1v) is 23.2. The Morgan fingerprint density at radius 1 is 0.875 bits per heavy atom. The Labute approximate surface area is 374 Å². The zero-order valence-electron chi connectivity index (χ0n) is 37.9. The molecule has 9 rings (SSSR count). The lowest BCUT2D eigenvalue weighted by molar-refractivity contribution is -0.369.